The number of hydrogen-bond acceptors (Lipinski definition) is 1. The highest BCUT2D eigenvalue weighted by Crippen LogP contribution is 2.36. The summed E-state index contributed by atoms with van der Waals surface area (Å²) in [5.41, 5.74) is -0.688. The summed E-state index contributed by atoms with van der Waals surface area (Å²) in [6.07, 6.45) is -4.62. The summed E-state index contributed by atoms with van der Waals surface area (Å²) in [6, 6.07) is 8.12. The largest absolute Gasteiger partial charge is 0.617 e. The fourth-order valence-electron chi connectivity index (χ4n) is 1.84. The van der Waals surface area contributed by atoms with Crippen LogP contribution < -0.4 is 4.73 Å². The lowest BCUT2D eigenvalue weighted by atomic mass is 10.0. The van der Waals surface area contributed by atoms with Gasteiger partial charge in [0.2, 0.25) is 5.69 Å². The third-order valence-corrected chi connectivity index (χ3v) is 3.02. The number of pyridine rings is 1. The minimum atomic E-state index is -4.62. The molecule has 0 amide bonds. The van der Waals surface area contributed by atoms with Crippen molar-refractivity contribution in [2.75, 3.05) is 0 Å². The van der Waals surface area contributed by atoms with Crippen molar-refractivity contribution < 1.29 is 17.9 Å². The Bertz CT molecular complexity index is 626. The molecule has 6 heteroatoms. The van der Waals surface area contributed by atoms with E-state index in [1.165, 1.54) is 6.07 Å². The van der Waals surface area contributed by atoms with Crippen LogP contribution in [0.4, 0.5) is 13.2 Å². The number of alkyl halides is 3. The van der Waals surface area contributed by atoms with E-state index < -0.39 is 17.4 Å². The zero-order chi connectivity index (χ0) is 14.2. The molecule has 0 atom stereocenters. The first kappa shape index (κ1) is 13.7. The van der Waals surface area contributed by atoms with E-state index in [9.17, 15) is 18.4 Å². The quantitative estimate of drug-likeness (QED) is 0.443. The van der Waals surface area contributed by atoms with Crippen molar-refractivity contribution in [3.8, 4) is 11.3 Å². The normalized spacial score (nSPS) is 11.6. The van der Waals surface area contributed by atoms with Gasteiger partial charge in [0.15, 0.2) is 0 Å². The third-order valence-electron chi connectivity index (χ3n) is 2.75. The number of aryl methyl sites for hydroxylation is 1. The van der Waals surface area contributed by atoms with E-state index in [1.54, 1.807) is 25.1 Å². The van der Waals surface area contributed by atoms with E-state index in [1.807, 2.05) is 0 Å². The molecule has 2 aromatic rings. The minimum absolute atomic E-state index is 0.104. The van der Waals surface area contributed by atoms with E-state index in [2.05, 4.69) is 0 Å². The van der Waals surface area contributed by atoms with Gasteiger partial charge < -0.3 is 5.21 Å². The van der Waals surface area contributed by atoms with Crippen LogP contribution in [-0.2, 0) is 6.18 Å². The average Bonchev–Trinajstić information content (AvgIpc) is 2.32. The molecule has 0 saturated heterocycles. The monoisotopic (exact) mass is 287 g/mol. The van der Waals surface area contributed by atoms with E-state index in [4.69, 9.17) is 11.6 Å². The fraction of sp³-hybridized carbons (Fsp3) is 0.154. The summed E-state index contributed by atoms with van der Waals surface area (Å²) < 4.78 is 39.1. The molecule has 19 heavy (non-hydrogen) atoms. The zero-order valence-electron chi connectivity index (χ0n) is 9.83. The summed E-state index contributed by atoms with van der Waals surface area (Å²) >= 11 is 5.62. The Balaban J connectivity index is 2.82. The van der Waals surface area contributed by atoms with Crippen molar-refractivity contribution in [3.05, 3.63) is 57.9 Å². The summed E-state index contributed by atoms with van der Waals surface area (Å²) in [4.78, 5) is 0. The van der Waals surface area contributed by atoms with Gasteiger partial charge in [-0.05, 0) is 36.2 Å². The molecule has 0 aliphatic rings. The Morgan fingerprint density at radius 3 is 2.32 bits per heavy atom. The highest BCUT2D eigenvalue weighted by molar-refractivity contribution is 6.28. The van der Waals surface area contributed by atoms with E-state index in [0.717, 1.165) is 12.1 Å². The lowest BCUT2D eigenvalue weighted by molar-refractivity contribution is -0.592. The molecule has 2 rings (SSSR count). The molecule has 1 aromatic carbocycles. The van der Waals surface area contributed by atoms with Crippen molar-refractivity contribution in [1.29, 1.82) is 0 Å². The molecular formula is C13H9ClF3NO. The van der Waals surface area contributed by atoms with Gasteiger partial charge in [0.1, 0.15) is 5.56 Å². The van der Waals surface area contributed by atoms with Crippen molar-refractivity contribution in [1.82, 2.24) is 0 Å². The van der Waals surface area contributed by atoms with Gasteiger partial charge in [0.25, 0.3) is 5.15 Å². The zero-order valence-corrected chi connectivity index (χ0v) is 10.6. The smallest absolute Gasteiger partial charge is 0.422 e. The summed E-state index contributed by atoms with van der Waals surface area (Å²) in [6.45, 7) is 1.64. The number of nitrogens with zero attached hydrogens (tertiary/aromatic N) is 1. The molecule has 0 fully saturated rings. The lowest BCUT2D eigenvalue weighted by Crippen LogP contribution is -2.33. The molecular weight excluding hydrogens is 279 g/mol. The molecule has 0 saturated carbocycles. The van der Waals surface area contributed by atoms with Crippen molar-refractivity contribution >= 4 is 11.6 Å². The SMILES string of the molecule is Cc1ccccc1-c1c(C(F)(F)F)ccc(Cl)[n+]1[O-]. The second kappa shape index (κ2) is 4.74. The van der Waals surface area contributed by atoms with Gasteiger partial charge in [-0.3, -0.25) is 0 Å². The highest BCUT2D eigenvalue weighted by atomic mass is 35.5. The Labute approximate surface area is 112 Å². The summed E-state index contributed by atoms with van der Waals surface area (Å²) in [5.74, 6) is 0. The first-order valence-corrected chi connectivity index (χ1v) is 5.75. The van der Waals surface area contributed by atoms with E-state index in [-0.39, 0.29) is 15.4 Å². The van der Waals surface area contributed by atoms with Gasteiger partial charge in [-0.25, -0.2) is 0 Å². The molecule has 0 aliphatic carbocycles. The van der Waals surface area contributed by atoms with Crippen LogP contribution in [0.3, 0.4) is 0 Å². The maximum atomic E-state index is 13.0. The molecule has 0 N–H and O–H groups in total. The van der Waals surface area contributed by atoms with Crippen LogP contribution in [0, 0.1) is 12.1 Å². The molecule has 0 unspecified atom stereocenters. The first-order chi connectivity index (χ1) is 8.82. The summed E-state index contributed by atoms with van der Waals surface area (Å²) in [7, 11) is 0. The van der Waals surface area contributed by atoms with Crippen LogP contribution in [-0.4, -0.2) is 0 Å². The van der Waals surface area contributed by atoms with Gasteiger partial charge in [0.05, 0.1) is 5.56 Å². The predicted octanol–water partition coefficient (Wildman–Crippen LogP) is 3.97. The molecule has 0 aliphatic heterocycles. The second-order valence-electron chi connectivity index (χ2n) is 4.03. The number of hydrogen-bond donors (Lipinski definition) is 0. The number of halogens is 4. The van der Waals surface area contributed by atoms with Gasteiger partial charge >= 0.3 is 6.18 Å². The number of aromatic nitrogens is 1. The van der Waals surface area contributed by atoms with E-state index in [0.29, 0.717) is 5.56 Å². The lowest BCUT2D eigenvalue weighted by Gasteiger charge is -2.14. The Kier molecular flexibility index (Phi) is 3.41. The number of benzene rings is 1. The standard InChI is InChI=1S/C13H9ClF3NO/c1-8-4-2-3-5-9(8)12-10(13(15,16)17)6-7-11(14)18(12)19/h2-7H,1H3. The highest BCUT2D eigenvalue weighted by Gasteiger charge is 2.39. The van der Waals surface area contributed by atoms with Crippen LogP contribution in [0.5, 0.6) is 0 Å². The Morgan fingerprint density at radius 1 is 1.11 bits per heavy atom. The van der Waals surface area contributed by atoms with Crippen molar-refractivity contribution in [3.63, 3.8) is 0 Å². The molecule has 2 nitrogen and oxygen atoms in total. The van der Waals surface area contributed by atoms with Crippen molar-refractivity contribution in [2.24, 2.45) is 0 Å². The molecule has 100 valence electrons. The summed E-state index contributed by atoms with van der Waals surface area (Å²) in [5, 5.41) is 11.6. The molecule has 0 spiro atoms. The first-order valence-electron chi connectivity index (χ1n) is 5.37. The topological polar surface area (TPSA) is 26.9 Å². The predicted molar refractivity (Wildman–Crippen MR) is 65.6 cm³/mol. The van der Waals surface area contributed by atoms with Crippen LogP contribution in [0.1, 0.15) is 11.1 Å². The van der Waals surface area contributed by atoms with Crippen LogP contribution in [0.15, 0.2) is 36.4 Å². The van der Waals surface area contributed by atoms with E-state index >= 15 is 0 Å². The second-order valence-corrected chi connectivity index (χ2v) is 4.41. The van der Waals surface area contributed by atoms with Crippen LogP contribution in [0.2, 0.25) is 5.15 Å². The van der Waals surface area contributed by atoms with Gasteiger partial charge in [0, 0.05) is 6.07 Å². The maximum Gasteiger partial charge on any atom is 0.422 e. The maximum absolute atomic E-state index is 13.0. The van der Waals surface area contributed by atoms with Gasteiger partial charge in [-0.1, -0.05) is 18.2 Å². The van der Waals surface area contributed by atoms with Crippen LogP contribution in [0.25, 0.3) is 11.3 Å². The molecule has 1 heterocycles. The molecule has 0 bridgehead atoms. The van der Waals surface area contributed by atoms with Crippen molar-refractivity contribution in [2.45, 2.75) is 13.1 Å². The Hall–Kier alpha value is -1.75. The third kappa shape index (κ3) is 2.51. The van der Waals surface area contributed by atoms with Gasteiger partial charge in [-0.15, -0.1) is 0 Å². The molecule has 1 aromatic heterocycles. The Morgan fingerprint density at radius 2 is 1.74 bits per heavy atom. The molecule has 0 radical (unpaired) electrons. The number of rotatable bonds is 1. The fourth-order valence-corrected chi connectivity index (χ4v) is 1.98. The van der Waals surface area contributed by atoms with Crippen LogP contribution >= 0.6 is 11.6 Å². The van der Waals surface area contributed by atoms with Gasteiger partial charge in [-0.2, -0.15) is 17.9 Å². The minimum Gasteiger partial charge on any atom is -0.617 e. The average molecular weight is 288 g/mol.